The van der Waals surface area contributed by atoms with Gasteiger partial charge in [-0.05, 0) is 109 Å². The zero-order valence-corrected chi connectivity index (χ0v) is 35.4. The highest BCUT2D eigenvalue weighted by Gasteiger charge is 2.37. The average molecular weight is 766 g/mol. The fourth-order valence-electron chi connectivity index (χ4n) is 9.50. The molecule has 0 fully saturated rings. The summed E-state index contributed by atoms with van der Waals surface area (Å²) in [5, 5.41) is 4.65. The summed E-state index contributed by atoms with van der Waals surface area (Å²) in [6, 6.07) is 60.8. The van der Waals surface area contributed by atoms with Gasteiger partial charge in [0.15, 0.2) is 0 Å². The van der Waals surface area contributed by atoms with Gasteiger partial charge < -0.3 is 9.32 Å². The summed E-state index contributed by atoms with van der Waals surface area (Å²) in [6.45, 7) is 18.6. The van der Waals surface area contributed by atoms with Crippen LogP contribution in [0.25, 0.3) is 66.1 Å². The molecule has 0 bridgehead atoms. The van der Waals surface area contributed by atoms with Gasteiger partial charge >= 0.3 is 0 Å². The summed E-state index contributed by atoms with van der Waals surface area (Å²) in [6.07, 6.45) is 0. The number of fused-ring (bicyclic) bond motifs is 7. The standard InChI is InChI=1S/C57H51NO/c1-55(2,3)38-27-32-49(46(33-38)36-17-10-9-11-18-36)58(40-28-30-43-42-29-26-39(56(4,5)6)34-47(42)57(7,8)48(43)35-40)50-31-25-37-19-12-13-20-41(37)53(50)45-22-16-24-52-54(45)44-21-14-15-23-51(44)59-52/h9-35H,1-8H3. The molecule has 0 atom stereocenters. The summed E-state index contributed by atoms with van der Waals surface area (Å²) < 4.78 is 6.54. The highest BCUT2D eigenvalue weighted by molar-refractivity contribution is 6.18. The molecule has 0 saturated heterocycles. The maximum atomic E-state index is 6.54. The molecule has 0 N–H and O–H groups in total. The molecule has 59 heavy (non-hydrogen) atoms. The van der Waals surface area contributed by atoms with Crippen LogP contribution in [0, 0.1) is 0 Å². The zero-order chi connectivity index (χ0) is 40.8. The SMILES string of the molecule is CC(C)(C)c1ccc(N(c2ccc3c(c2)C(C)(C)c2cc(C(C)(C)C)ccc2-3)c2ccc3ccccc3c2-c2cccc3oc4ccccc4c23)c(-c2ccccc2)c1. The first-order valence-corrected chi connectivity index (χ1v) is 21.0. The maximum Gasteiger partial charge on any atom is 0.136 e. The van der Waals surface area contributed by atoms with E-state index < -0.39 is 0 Å². The molecule has 2 nitrogen and oxygen atoms in total. The van der Waals surface area contributed by atoms with Crippen molar-refractivity contribution in [1.29, 1.82) is 0 Å². The summed E-state index contributed by atoms with van der Waals surface area (Å²) >= 11 is 0. The molecule has 2 heteroatoms. The number of hydrogen-bond acceptors (Lipinski definition) is 2. The third-order valence-electron chi connectivity index (χ3n) is 12.8. The van der Waals surface area contributed by atoms with E-state index in [1.165, 1.54) is 60.8 Å². The van der Waals surface area contributed by atoms with Gasteiger partial charge in [-0.2, -0.15) is 0 Å². The summed E-state index contributed by atoms with van der Waals surface area (Å²) in [4.78, 5) is 2.54. The van der Waals surface area contributed by atoms with Crippen LogP contribution in [-0.2, 0) is 16.2 Å². The molecule has 0 spiro atoms. The lowest BCUT2D eigenvalue weighted by atomic mass is 9.79. The molecule has 1 aliphatic rings. The van der Waals surface area contributed by atoms with E-state index in [-0.39, 0.29) is 16.2 Å². The van der Waals surface area contributed by atoms with E-state index in [2.05, 4.69) is 224 Å². The van der Waals surface area contributed by atoms with Crippen molar-refractivity contribution < 1.29 is 4.42 Å². The second-order valence-electron chi connectivity index (χ2n) is 19.0. The van der Waals surface area contributed by atoms with Crippen LogP contribution in [0.4, 0.5) is 17.1 Å². The second kappa shape index (κ2) is 13.3. The lowest BCUT2D eigenvalue weighted by Gasteiger charge is -2.33. The molecule has 290 valence electrons. The smallest absolute Gasteiger partial charge is 0.136 e. The molecule has 1 aromatic heterocycles. The van der Waals surface area contributed by atoms with Crippen molar-refractivity contribution in [2.24, 2.45) is 0 Å². The summed E-state index contributed by atoms with van der Waals surface area (Å²) in [5.41, 5.74) is 17.8. The molecule has 0 saturated carbocycles. The van der Waals surface area contributed by atoms with Crippen LogP contribution < -0.4 is 4.90 Å². The fraction of sp³-hybridized carbons (Fsp3) is 0.193. The molecule has 10 rings (SSSR count). The highest BCUT2D eigenvalue weighted by Crippen LogP contribution is 2.54. The summed E-state index contributed by atoms with van der Waals surface area (Å²) in [5.74, 6) is 0. The van der Waals surface area contributed by atoms with Crippen LogP contribution in [0.5, 0.6) is 0 Å². The number of anilines is 3. The van der Waals surface area contributed by atoms with Crippen LogP contribution in [0.1, 0.15) is 77.6 Å². The molecule has 8 aromatic carbocycles. The Morgan fingerprint density at radius 1 is 0.458 bits per heavy atom. The highest BCUT2D eigenvalue weighted by atomic mass is 16.3. The quantitative estimate of drug-likeness (QED) is 0.173. The van der Waals surface area contributed by atoms with E-state index in [9.17, 15) is 0 Å². The van der Waals surface area contributed by atoms with Crippen molar-refractivity contribution in [2.45, 2.75) is 71.6 Å². The van der Waals surface area contributed by atoms with Gasteiger partial charge in [0.05, 0.1) is 11.4 Å². The number of nitrogens with zero attached hydrogens (tertiary/aromatic N) is 1. The van der Waals surface area contributed by atoms with Crippen molar-refractivity contribution in [2.75, 3.05) is 4.90 Å². The number of benzene rings is 8. The Hall–Kier alpha value is -6.38. The Kier molecular flexibility index (Phi) is 8.34. The number of furan rings is 1. The Balaban J connectivity index is 1.30. The van der Waals surface area contributed by atoms with Gasteiger partial charge in [0.2, 0.25) is 0 Å². The number of hydrogen-bond donors (Lipinski definition) is 0. The van der Waals surface area contributed by atoms with Gasteiger partial charge in [-0.3, -0.25) is 0 Å². The Labute approximate surface area is 348 Å². The maximum absolute atomic E-state index is 6.54. The lowest BCUT2D eigenvalue weighted by molar-refractivity contribution is 0.584. The Morgan fingerprint density at radius 3 is 1.83 bits per heavy atom. The molecular weight excluding hydrogens is 715 g/mol. The van der Waals surface area contributed by atoms with Crippen molar-refractivity contribution in [3.05, 3.63) is 186 Å². The predicted molar refractivity (Wildman–Crippen MR) is 252 cm³/mol. The normalized spacial score (nSPS) is 13.6. The van der Waals surface area contributed by atoms with E-state index in [0.29, 0.717) is 0 Å². The molecule has 9 aromatic rings. The van der Waals surface area contributed by atoms with Crippen LogP contribution >= 0.6 is 0 Å². The monoisotopic (exact) mass is 765 g/mol. The molecular formula is C57H51NO. The summed E-state index contributed by atoms with van der Waals surface area (Å²) in [7, 11) is 0. The van der Waals surface area contributed by atoms with Crippen molar-refractivity contribution in [3.63, 3.8) is 0 Å². The first-order chi connectivity index (χ1) is 28.3. The minimum Gasteiger partial charge on any atom is -0.456 e. The average Bonchev–Trinajstić information content (AvgIpc) is 3.72. The van der Waals surface area contributed by atoms with Gasteiger partial charge in [0, 0.05) is 33.0 Å². The van der Waals surface area contributed by atoms with Crippen LogP contribution in [-0.4, -0.2) is 0 Å². The molecule has 0 unspecified atom stereocenters. The van der Waals surface area contributed by atoms with Crippen molar-refractivity contribution in [3.8, 4) is 33.4 Å². The minimum atomic E-state index is -0.195. The topological polar surface area (TPSA) is 16.4 Å². The fourth-order valence-corrected chi connectivity index (χ4v) is 9.50. The molecule has 1 heterocycles. The van der Waals surface area contributed by atoms with Crippen LogP contribution in [0.3, 0.4) is 0 Å². The van der Waals surface area contributed by atoms with Gasteiger partial charge in [-0.1, -0.05) is 177 Å². The molecule has 0 amide bonds. The van der Waals surface area contributed by atoms with E-state index in [4.69, 9.17) is 4.42 Å². The molecule has 0 aliphatic heterocycles. The van der Waals surface area contributed by atoms with Gasteiger partial charge in [-0.25, -0.2) is 0 Å². The second-order valence-corrected chi connectivity index (χ2v) is 19.0. The first kappa shape index (κ1) is 36.9. The van der Waals surface area contributed by atoms with E-state index in [1.54, 1.807) is 0 Å². The third-order valence-corrected chi connectivity index (χ3v) is 12.8. The van der Waals surface area contributed by atoms with E-state index >= 15 is 0 Å². The predicted octanol–water partition coefficient (Wildman–Crippen LogP) is 16.4. The van der Waals surface area contributed by atoms with Crippen LogP contribution in [0.15, 0.2) is 168 Å². The lowest BCUT2D eigenvalue weighted by Crippen LogP contribution is -2.19. The van der Waals surface area contributed by atoms with E-state index in [1.807, 2.05) is 0 Å². The Bertz CT molecular complexity index is 3090. The van der Waals surface area contributed by atoms with Gasteiger partial charge in [-0.15, -0.1) is 0 Å². The Morgan fingerprint density at radius 2 is 1.07 bits per heavy atom. The number of rotatable bonds is 5. The third kappa shape index (κ3) is 5.99. The van der Waals surface area contributed by atoms with E-state index in [0.717, 1.165) is 44.6 Å². The minimum absolute atomic E-state index is 0.0335. The number of para-hydroxylation sites is 1. The van der Waals surface area contributed by atoms with Gasteiger partial charge in [0.25, 0.3) is 0 Å². The van der Waals surface area contributed by atoms with Crippen molar-refractivity contribution in [1.82, 2.24) is 0 Å². The molecule has 0 radical (unpaired) electrons. The largest absolute Gasteiger partial charge is 0.456 e. The zero-order valence-electron chi connectivity index (χ0n) is 35.4. The van der Waals surface area contributed by atoms with Crippen molar-refractivity contribution >= 4 is 49.8 Å². The molecule has 1 aliphatic carbocycles. The van der Waals surface area contributed by atoms with Crippen LogP contribution in [0.2, 0.25) is 0 Å². The van der Waals surface area contributed by atoms with Gasteiger partial charge in [0.1, 0.15) is 11.2 Å². The first-order valence-electron chi connectivity index (χ1n) is 21.0.